The summed E-state index contributed by atoms with van der Waals surface area (Å²) in [4.78, 5) is 4.84. The van der Waals surface area contributed by atoms with Crippen molar-refractivity contribution in [2.45, 2.75) is 44.4 Å². The Morgan fingerprint density at radius 2 is 2.06 bits per heavy atom. The number of hydrogen-bond acceptors (Lipinski definition) is 4. The summed E-state index contributed by atoms with van der Waals surface area (Å²) in [6, 6.07) is 0.608. The maximum atomic E-state index is 10.3. The zero-order valence-corrected chi connectivity index (χ0v) is 11.6. The lowest BCUT2D eigenvalue weighted by atomic mass is 9.88. The van der Waals surface area contributed by atoms with Gasteiger partial charge in [0.15, 0.2) is 0 Å². The Balaban J connectivity index is 1.43. The molecule has 1 atom stereocenters. The van der Waals surface area contributed by atoms with E-state index in [-0.39, 0.29) is 5.60 Å². The fourth-order valence-corrected chi connectivity index (χ4v) is 3.35. The Morgan fingerprint density at radius 1 is 1.33 bits per heavy atom. The maximum absolute atomic E-state index is 10.3. The molecular weight excluding hydrogens is 228 g/mol. The van der Waals surface area contributed by atoms with Gasteiger partial charge in [0.25, 0.3) is 0 Å². The average Bonchev–Trinajstić information content (AvgIpc) is 3.11. The average molecular weight is 254 g/mol. The number of β-amino-alcohol motifs (C(OH)–C–C–N with tert-alkyl or cyclic N) is 1. The van der Waals surface area contributed by atoms with E-state index >= 15 is 0 Å². The highest BCUT2D eigenvalue weighted by Crippen LogP contribution is 2.44. The molecule has 0 aromatic carbocycles. The number of rotatable bonds is 4. The molecule has 3 fully saturated rings. The van der Waals surface area contributed by atoms with E-state index in [1.807, 2.05) is 0 Å². The van der Waals surface area contributed by atoms with Gasteiger partial charge in [-0.3, -0.25) is 9.80 Å². The molecule has 0 aromatic rings. The van der Waals surface area contributed by atoms with Crippen molar-refractivity contribution in [2.75, 3.05) is 39.3 Å². The van der Waals surface area contributed by atoms with Crippen LogP contribution in [0.1, 0.15) is 26.7 Å². The molecule has 104 valence electrons. The van der Waals surface area contributed by atoms with Crippen LogP contribution >= 0.6 is 0 Å². The Morgan fingerprint density at radius 3 is 2.67 bits per heavy atom. The highest BCUT2D eigenvalue weighted by Gasteiger charge is 2.52. The third kappa shape index (κ3) is 2.57. The highest BCUT2D eigenvalue weighted by molar-refractivity contribution is 5.05. The van der Waals surface area contributed by atoms with Crippen LogP contribution in [0, 0.1) is 5.92 Å². The van der Waals surface area contributed by atoms with E-state index in [4.69, 9.17) is 4.74 Å². The molecule has 1 aliphatic carbocycles. The summed E-state index contributed by atoms with van der Waals surface area (Å²) in [5.74, 6) is 0.591. The summed E-state index contributed by atoms with van der Waals surface area (Å²) in [6.45, 7) is 10.1. The molecule has 18 heavy (non-hydrogen) atoms. The number of morpholine rings is 1. The number of hydrogen-bond donors (Lipinski definition) is 1. The van der Waals surface area contributed by atoms with Crippen LogP contribution in [0.25, 0.3) is 0 Å². The van der Waals surface area contributed by atoms with Crippen molar-refractivity contribution in [3.05, 3.63) is 0 Å². The molecule has 1 N–H and O–H groups in total. The van der Waals surface area contributed by atoms with Crippen molar-refractivity contribution < 1.29 is 9.84 Å². The molecule has 3 rings (SSSR count). The van der Waals surface area contributed by atoms with Gasteiger partial charge in [0.05, 0.1) is 18.3 Å². The third-order valence-corrected chi connectivity index (χ3v) is 4.69. The monoisotopic (exact) mass is 254 g/mol. The molecule has 0 bridgehead atoms. The highest BCUT2D eigenvalue weighted by atomic mass is 16.5. The van der Waals surface area contributed by atoms with Crippen LogP contribution in [0.15, 0.2) is 0 Å². The molecule has 1 saturated carbocycles. The number of likely N-dealkylation sites (tertiary alicyclic amines) is 1. The lowest BCUT2D eigenvalue weighted by Gasteiger charge is -2.49. The zero-order chi connectivity index (χ0) is 12.8. The lowest BCUT2D eigenvalue weighted by Crippen LogP contribution is -2.65. The first-order chi connectivity index (χ1) is 8.57. The summed E-state index contributed by atoms with van der Waals surface area (Å²) >= 11 is 0. The predicted octanol–water partition coefficient (Wildman–Crippen LogP) is 0.552. The van der Waals surface area contributed by atoms with Crippen molar-refractivity contribution in [1.82, 2.24) is 9.80 Å². The summed E-state index contributed by atoms with van der Waals surface area (Å²) in [7, 11) is 0. The molecular formula is C14H26N2O2. The van der Waals surface area contributed by atoms with Gasteiger partial charge >= 0.3 is 0 Å². The first-order valence-corrected chi connectivity index (χ1v) is 7.37. The molecule has 3 aliphatic rings. The molecule has 0 amide bonds. The molecule has 2 heterocycles. The summed E-state index contributed by atoms with van der Waals surface area (Å²) in [6.07, 6.45) is 2.78. The van der Waals surface area contributed by atoms with Gasteiger partial charge in [-0.1, -0.05) is 0 Å². The number of nitrogens with zero attached hydrogens (tertiary/aromatic N) is 2. The molecule has 4 heteroatoms. The SMILES string of the molecule is CC(C)N1CCOC(CN2CC(O)(C3CC3)C2)C1. The second kappa shape index (κ2) is 4.75. The van der Waals surface area contributed by atoms with Crippen LogP contribution in [0.4, 0.5) is 0 Å². The molecule has 4 nitrogen and oxygen atoms in total. The first kappa shape index (κ1) is 12.9. The molecule has 1 unspecified atom stereocenters. The Bertz CT molecular complexity index is 298. The second-order valence-electron chi connectivity index (χ2n) is 6.63. The summed E-state index contributed by atoms with van der Waals surface area (Å²) in [5.41, 5.74) is -0.355. The van der Waals surface area contributed by atoms with E-state index < -0.39 is 0 Å². The van der Waals surface area contributed by atoms with Gasteiger partial charge in [-0.05, 0) is 32.6 Å². The Labute approximate surface area is 110 Å². The Hall–Kier alpha value is -0.160. The van der Waals surface area contributed by atoms with Crippen molar-refractivity contribution in [3.63, 3.8) is 0 Å². The van der Waals surface area contributed by atoms with E-state index in [0.717, 1.165) is 39.3 Å². The smallest absolute Gasteiger partial charge is 0.0928 e. The third-order valence-electron chi connectivity index (χ3n) is 4.69. The van der Waals surface area contributed by atoms with Crippen molar-refractivity contribution in [1.29, 1.82) is 0 Å². The van der Waals surface area contributed by atoms with Crippen LogP contribution in [0.3, 0.4) is 0 Å². The van der Waals surface area contributed by atoms with Crippen LogP contribution in [0.5, 0.6) is 0 Å². The lowest BCUT2D eigenvalue weighted by molar-refractivity contribution is -0.136. The summed E-state index contributed by atoms with van der Waals surface area (Å²) < 4.78 is 5.84. The molecule has 0 aromatic heterocycles. The van der Waals surface area contributed by atoms with Gasteiger partial charge in [0, 0.05) is 38.8 Å². The van der Waals surface area contributed by atoms with E-state index in [9.17, 15) is 5.11 Å². The summed E-state index contributed by atoms with van der Waals surface area (Å²) in [5, 5.41) is 10.3. The van der Waals surface area contributed by atoms with Crippen LogP contribution in [-0.2, 0) is 4.74 Å². The molecule has 0 spiro atoms. The fraction of sp³-hybridized carbons (Fsp3) is 1.00. The van der Waals surface area contributed by atoms with Crippen molar-refractivity contribution >= 4 is 0 Å². The van der Waals surface area contributed by atoms with Gasteiger partial charge in [-0.25, -0.2) is 0 Å². The minimum Gasteiger partial charge on any atom is -0.387 e. The second-order valence-corrected chi connectivity index (χ2v) is 6.63. The van der Waals surface area contributed by atoms with Gasteiger partial charge in [-0.2, -0.15) is 0 Å². The van der Waals surface area contributed by atoms with E-state index in [0.29, 0.717) is 18.1 Å². The minimum absolute atomic E-state index is 0.324. The number of ether oxygens (including phenoxy) is 1. The largest absolute Gasteiger partial charge is 0.387 e. The van der Waals surface area contributed by atoms with E-state index in [1.165, 1.54) is 12.8 Å². The van der Waals surface area contributed by atoms with Crippen LogP contribution in [-0.4, -0.2) is 72.0 Å². The minimum atomic E-state index is -0.355. The molecule has 2 aliphatic heterocycles. The van der Waals surface area contributed by atoms with Crippen molar-refractivity contribution in [3.8, 4) is 0 Å². The van der Waals surface area contributed by atoms with E-state index in [2.05, 4.69) is 23.6 Å². The zero-order valence-electron chi connectivity index (χ0n) is 11.6. The molecule has 2 saturated heterocycles. The maximum Gasteiger partial charge on any atom is 0.0928 e. The predicted molar refractivity (Wildman–Crippen MR) is 70.6 cm³/mol. The van der Waals surface area contributed by atoms with Crippen LogP contribution < -0.4 is 0 Å². The van der Waals surface area contributed by atoms with Gasteiger partial charge < -0.3 is 9.84 Å². The van der Waals surface area contributed by atoms with Gasteiger partial charge in [0.1, 0.15) is 0 Å². The normalized spacial score (nSPS) is 33.7. The fourth-order valence-electron chi connectivity index (χ4n) is 3.35. The first-order valence-electron chi connectivity index (χ1n) is 7.37. The standard InChI is InChI=1S/C14H26N2O2/c1-11(2)16-5-6-18-13(8-16)7-15-9-14(17,10-15)12-3-4-12/h11-13,17H,3-10H2,1-2H3. The van der Waals surface area contributed by atoms with E-state index in [1.54, 1.807) is 0 Å². The Kier molecular flexibility index (Phi) is 3.39. The van der Waals surface area contributed by atoms with Gasteiger partial charge in [-0.15, -0.1) is 0 Å². The van der Waals surface area contributed by atoms with Crippen LogP contribution in [0.2, 0.25) is 0 Å². The quantitative estimate of drug-likeness (QED) is 0.795. The number of aliphatic hydroxyl groups is 1. The van der Waals surface area contributed by atoms with Gasteiger partial charge in [0.2, 0.25) is 0 Å². The van der Waals surface area contributed by atoms with Crippen molar-refractivity contribution in [2.24, 2.45) is 5.92 Å². The topological polar surface area (TPSA) is 35.9 Å². The molecule has 0 radical (unpaired) electrons.